The Hall–Kier alpha value is -3.07. The second-order valence-corrected chi connectivity index (χ2v) is 7.08. The fourth-order valence-electron chi connectivity index (χ4n) is 3.19. The molecule has 0 radical (unpaired) electrons. The van der Waals surface area contributed by atoms with Crippen LogP contribution in [0.25, 0.3) is 0 Å². The molecule has 0 unspecified atom stereocenters. The molecule has 31 heavy (non-hydrogen) atoms. The van der Waals surface area contributed by atoms with Crippen molar-refractivity contribution in [3.63, 3.8) is 0 Å². The molecular formula is C22H24F3NO5. The van der Waals surface area contributed by atoms with E-state index in [-0.39, 0.29) is 12.6 Å². The van der Waals surface area contributed by atoms with Crippen LogP contribution in [0, 0.1) is 0 Å². The molecule has 0 aromatic heterocycles. The maximum Gasteiger partial charge on any atom is 0.490 e. The van der Waals surface area contributed by atoms with Crippen molar-refractivity contribution in [3.8, 4) is 5.75 Å². The van der Waals surface area contributed by atoms with Crippen molar-refractivity contribution < 1.29 is 37.7 Å². The number of rotatable bonds is 7. The summed E-state index contributed by atoms with van der Waals surface area (Å²) in [6.07, 6.45) is -2.13. The largest absolute Gasteiger partial charge is 0.492 e. The Morgan fingerprint density at radius 2 is 1.58 bits per heavy atom. The molecule has 2 aromatic carbocycles. The van der Waals surface area contributed by atoms with E-state index >= 15 is 0 Å². The summed E-state index contributed by atoms with van der Waals surface area (Å²) in [5.74, 6) is -2.69. The van der Waals surface area contributed by atoms with Gasteiger partial charge in [-0.2, -0.15) is 13.2 Å². The van der Waals surface area contributed by atoms with Gasteiger partial charge < -0.3 is 14.9 Å². The Bertz CT molecular complexity index is 840. The highest BCUT2D eigenvalue weighted by atomic mass is 19.4. The molecule has 2 N–H and O–H groups in total. The lowest BCUT2D eigenvalue weighted by molar-refractivity contribution is -0.192. The number of hydrogen-bond donors (Lipinski definition) is 2. The summed E-state index contributed by atoms with van der Waals surface area (Å²) in [5, 5.41) is 16.1. The minimum atomic E-state index is -5.08. The molecule has 0 aliphatic carbocycles. The number of aliphatic carboxylic acids is 2. The van der Waals surface area contributed by atoms with Crippen LogP contribution in [0.3, 0.4) is 0 Å². The highest BCUT2D eigenvalue weighted by Gasteiger charge is 2.38. The number of halogens is 3. The van der Waals surface area contributed by atoms with Gasteiger partial charge in [0.2, 0.25) is 0 Å². The van der Waals surface area contributed by atoms with E-state index in [1.54, 1.807) is 0 Å². The van der Waals surface area contributed by atoms with Crippen molar-refractivity contribution >= 4 is 11.9 Å². The van der Waals surface area contributed by atoms with Gasteiger partial charge in [-0.25, -0.2) is 4.79 Å². The van der Waals surface area contributed by atoms with Gasteiger partial charge in [0, 0.05) is 6.04 Å². The van der Waals surface area contributed by atoms with Crippen LogP contribution in [0.5, 0.6) is 5.75 Å². The van der Waals surface area contributed by atoms with Crippen molar-refractivity contribution in [3.05, 3.63) is 65.7 Å². The second kappa shape index (κ2) is 11.4. The molecule has 1 fully saturated rings. The van der Waals surface area contributed by atoms with Crippen molar-refractivity contribution in [1.82, 2.24) is 4.90 Å². The van der Waals surface area contributed by atoms with E-state index in [2.05, 4.69) is 36.4 Å². The zero-order chi connectivity index (χ0) is 22.9. The molecule has 1 saturated heterocycles. The fourth-order valence-corrected chi connectivity index (χ4v) is 3.19. The first-order valence-electron chi connectivity index (χ1n) is 9.67. The van der Waals surface area contributed by atoms with Crippen molar-refractivity contribution in [2.45, 2.75) is 31.5 Å². The van der Waals surface area contributed by atoms with Crippen LogP contribution in [0.15, 0.2) is 54.6 Å². The molecule has 1 heterocycles. The van der Waals surface area contributed by atoms with Gasteiger partial charge in [0.05, 0.1) is 6.54 Å². The molecule has 1 atom stereocenters. The second-order valence-electron chi connectivity index (χ2n) is 7.08. The Kier molecular flexibility index (Phi) is 8.87. The normalized spacial score (nSPS) is 16.3. The number of likely N-dealkylation sites (tertiary alicyclic amines) is 1. The first-order chi connectivity index (χ1) is 14.6. The smallest absolute Gasteiger partial charge is 0.490 e. The number of nitrogens with zero attached hydrogens (tertiary/aromatic N) is 1. The molecule has 0 bridgehead atoms. The van der Waals surface area contributed by atoms with Gasteiger partial charge >= 0.3 is 18.1 Å². The zero-order valence-electron chi connectivity index (χ0n) is 16.7. The minimum Gasteiger partial charge on any atom is -0.492 e. The number of benzene rings is 2. The van der Waals surface area contributed by atoms with Gasteiger partial charge in [-0.1, -0.05) is 42.5 Å². The fraction of sp³-hybridized carbons (Fsp3) is 0.364. The molecule has 9 heteroatoms. The van der Waals surface area contributed by atoms with Gasteiger partial charge in [-0.3, -0.25) is 9.69 Å². The Balaban J connectivity index is 0.000000423. The molecule has 0 saturated carbocycles. The third kappa shape index (κ3) is 8.67. The number of carboxylic acid groups (broad SMARTS) is 2. The van der Waals surface area contributed by atoms with Crippen molar-refractivity contribution in [1.29, 1.82) is 0 Å². The number of hydrogen-bond acceptors (Lipinski definition) is 4. The van der Waals surface area contributed by atoms with Gasteiger partial charge in [0.15, 0.2) is 0 Å². The molecule has 0 amide bonds. The third-order valence-corrected chi connectivity index (χ3v) is 4.70. The third-order valence-electron chi connectivity index (χ3n) is 4.70. The lowest BCUT2D eigenvalue weighted by Crippen LogP contribution is -2.37. The molecule has 0 spiro atoms. The van der Waals surface area contributed by atoms with Gasteiger partial charge in [0.25, 0.3) is 0 Å². The molecule has 2 aromatic rings. The van der Waals surface area contributed by atoms with Crippen LogP contribution in [0.1, 0.15) is 24.0 Å². The summed E-state index contributed by atoms with van der Waals surface area (Å²) in [5.41, 5.74) is 2.54. The standard InChI is InChI=1S/C20H23NO3.C2HF3O2/c22-20(23)14-21-12-4-7-18(21)15-24-19-10-8-17(9-11-19)13-16-5-2-1-3-6-16;3-2(4,5)1(6)7/h1-3,5-6,8-11,18H,4,7,12-15H2,(H,22,23);(H,6,7)/t18-;/m0./s1. The maximum atomic E-state index is 10.9. The van der Waals surface area contributed by atoms with E-state index in [0.29, 0.717) is 6.61 Å². The highest BCUT2D eigenvalue weighted by molar-refractivity contribution is 5.73. The van der Waals surface area contributed by atoms with E-state index in [1.165, 1.54) is 11.1 Å². The molecule has 1 aliphatic heterocycles. The lowest BCUT2D eigenvalue weighted by atomic mass is 10.1. The Morgan fingerprint density at radius 1 is 1.00 bits per heavy atom. The average Bonchev–Trinajstić information content (AvgIpc) is 3.14. The van der Waals surface area contributed by atoms with E-state index in [0.717, 1.165) is 31.6 Å². The summed E-state index contributed by atoms with van der Waals surface area (Å²) in [4.78, 5) is 21.8. The van der Waals surface area contributed by atoms with Gasteiger partial charge in [-0.05, 0) is 49.1 Å². The quantitative estimate of drug-likeness (QED) is 0.682. The van der Waals surface area contributed by atoms with E-state index in [9.17, 15) is 18.0 Å². The van der Waals surface area contributed by atoms with Gasteiger partial charge in [-0.15, -0.1) is 0 Å². The number of alkyl halides is 3. The summed E-state index contributed by atoms with van der Waals surface area (Å²) in [6, 6.07) is 18.8. The number of ether oxygens (including phenoxy) is 1. The van der Waals surface area contributed by atoms with Crippen LogP contribution < -0.4 is 4.74 Å². The average molecular weight is 439 g/mol. The maximum absolute atomic E-state index is 10.9. The predicted molar refractivity (Wildman–Crippen MR) is 107 cm³/mol. The van der Waals surface area contributed by atoms with Crippen molar-refractivity contribution in [2.24, 2.45) is 0 Å². The lowest BCUT2D eigenvalue weighted by Gasteiger charge is -2.22. The van der Waals surface area contributed by atoms with E-state index in [4.69, 9.17) is 19.7 Å². The zero-order valence-corrected chi connectivity index (χ0v) is 16.7. The topological polar surface area (TPSA) is 87.1 Å². The summed E-state index contributed by atoms with van der Waals surface area (Å²) < 4.78 is 37.6. The Morgan fingerprint density at radius 3 is 2.13 bits per heavy atom. The first-order valence-corrected chi connectivity index (χ1v) is 9.67. The SMILES string of the molecule is O=C(O)C(F)(F)F.O=C(O)CN1CCC[C@H]1COc1ccc(Cc2ccccc2)cc1. The summed E-state index contributed by atoms with van der Waals surface area (Å²) in [6.45, 7) is 1.49. The van der Waals surface area contributed by atoms with E-state index < -0.39 is 18.1 Å². The minimum absolute atomic E-state index is 0.101. The van der Waals surface area contributed by atoms with Crippen LogP contribution in [0.2, 0.25) is 0 Å². The first kappa shape index (κ1) is 24.2. The van der Waals surface area contributed by atoms with Gasteiger partial charge in [0.1, 0.15) is 12.4 Å². The Labute approximate surface area is 177 Å². The summed E-state index contributed by atoms with van der Waals surface area (Å²) >= 11 is 0. The molecule has 6 nitrogen and oxygen atoms in total. The van der Waals surface area contributed by atoms with Crippen LogP contribution >= 0.6 is 0 Å². The number of carboxylic acids is 2. The molecular weight excluding hydrogens is 415 g/mol. The predicted octanol–water partition coefficient (Wildman–Crippen LogP) is 3.84. The highest BCUT2D eigenvalue weighted by Crippen LogP contribution is 2.20. The summed E-state index contributed by atoms with van der Waals surface area (Å²) in [7, 11) is 0. The van der Waals surface area contributed by atoms with Crippen molar-refractivity contribution in [2.75, 3.05) is 19.7 Å². The van der Waals surface area contributed by atoms with E-state index in [1.807, 2.05) is 23.1 Å². The number of carbonyl (C=O) groups is 2. The van der Waals surface area contributed by atoms with Crippen LogP contribution in [-0.2, 0) is 16.0 Å². The molecule has 168 valence electrons. The van der Waals surface area contributed by atoms with Crippen LogP contribution in [-0.4, -0.2) is 59.0 Å². The molecule has 3 rings (SSSR count). The van der Waals surface area contributed by atoms with Crippen LogP contribution in [0.4, 0.5) is 13.2 Å². The monoisotopic (exact) mass is 439 g/mol. The molecule has 1 aliphatic rings.